The third-order valence-electron chi connectivity index (χ3n) is 3.91. The SMILES string of the molecule is CN=C(NCCCN1CCCC1)NCc1cccc(C)c1.I. The van der Waals surface area contributed by atoms with Crippen LogP contribution in [0.25, 0.3) is 0 Å². The zero-order valence-electron chi connectivity index (χ0n) is 13.8. The molecule has 1 saturated heterocycles. The number of halogens is 1. The third kappa shape index (κ3) is 6.96. The largest absolute Gasteiger partial charge is 0.356 e. The monoisotopic (exact) mass is 416 g/mol. The molecule has 1 aliphatic rings. The van der Waals surface area contributed by atoms with Crippen LogP contribution in [0.3, 0.4) is 0 Å². The van der Waals surface area contributed by atoms with Gasteiger partial charge in [-0.1, -0.05) is 29.8 Å². The van der Waals surface area contributed by atoms with Crippen LogP contribution < -0.4 is 10.6 Å². The average Bonchev–Trinajstić information content (AvgIpc) is 3.00. The van der Waals surface area contributed by atoms with E-state index in [-0.39, 0.29) is 24.0 Å². The second kappa shape index (κ2) is 10.8. The maximum atomic E-state index is 4.28. The van der Waals surface area contributed by atoms with Crippen LogP contribution in [0.4, 0.5) is 0 Å². The predicted octanol–water partition coefficient (Wildman–Crippen LogP) is 2.76. The highest BCUT2D eigenvalue weighted by molar-refractivity contribution is 14.0. The first-order valence-corrected chi connectivity index (χ1v) is 8.00. The van der Waals surface area contributed by atoms with Gasteiger partial charge in [-0.25, -0.2) is 0 Å². The molecule has 0 amide bonds. The molecule has 0 saturated carbocycles. The molecule has 0 aliphatic carbocycles. The van der Waals surface area contributed by atoms with E-state index in [0.717, 1.165) is 19.0 Å². The van der Waals surface area contributed by atoms with Gasteiger partial charge >= 0.3 is 0 Å². The molecule has 0 unspecified atom stereocenters. The summed E-state index contributed by atoms with van der Waals surface area (Å²) < 4.78 is 0. The van der Waals surface area contributed by atoms with Crippen molar-refractivity contribution in [3.63, 3.8) is 0 Å². The molecule has 22 heavy (non-hydrogen) atoms. The number of aliphatic imine (C=N–C) groups is 1. The number of nitrogens with zero attached hydrogens (tertiary/aromatic N) is 2. The first-order chi connectivity index (χ1) is 10.3. The molecule has 0 bridgehead atoms. The Morgan fingerprint density at radius 3 is 2.68 bits per heavy atom. The van der Waals surface area contributed by atoms with Gasteiger partial charge < -0.3 is 15.5 Å². The van der Waals surface area contributed by atoms with Crippen molar-refractivity contribution in [2.75, 3.05) is 33.2 Å². The zero-order chi connectivity index (χ0) is 14.9. The van der Waals surface area contributed by atoms with E-state index in [0.29, 0.717) is 0 Å². The molecule has 2 N–H and O–H groups in total. The lowest BCUT2D eigenvalue weighted by atomic mass is 10.1. The Labute approximate surface area is 151 Å². The van der Waals surface area contributed by atoms with Crippen molar-refractivity contribution < 1.29 is 0 Å². The van der Waals surface area contributed by atoms with Crippen molar-refractivity contribution in [2.45, 2.75) is 32.7 Å². The van der Waals surface area contributed by atoms with Crippen LogP contribution in [-0.2, 0) is 6.54 Å². The lowest BCUT2D eigenvalue weighted by Gasteiger charge is -2.16. The minimum atomic E-state index is 0. The highest BCUT2D eigenvalue weighted by Crippen LogP contribution is 2.07. The van der Waals surface area contributed by atoms with E-state index in [2.05, 4.69) is 51.7 Å². The molecule has 1 aliphatic heterocycles. The number of rotatable bonds is 6. The fourth-order valence-corrected chi connectivity index (χ4v) is 2.74. The van der Waals surface area contributed by atoms with E-state index in [1.54, 1.807) is 0 Å². The Morgan fingerprint density at radius 1 is 1.23 bits per heavy atom. The average molecular weight is 416 g/mol. The summed E-state index contributed by atoms with van der Waals surface area (Å²) in [7, 11) is 1.83. The normalized spacial score (nSPS) is 15.5. The third-order valence-corrected chi connectivity index (χ3v) is 3.91. The van der Waals surface area contributed by atoms with E-state index < -0.39 is 0 Å². The van der Waals surface area contributed by atoms with Gasteiger partial charge in [0.25, 0.3) is 0 Å². The second-order valence-corrected chi connectivity index (χ2v) is 5.74. The first-order valence-electron chi connectivity index (χ1n) is 8.00. The van der Waals surface area contributed by atoms with Crippen LogP contribution >= 0.6 is 24.0 Å². The highest BCUT2D eigenvalue weighted by Gasteiger charge is 2.10. The van der Waals surface area contributed by atoms with Gasteiger partial charge in [-0.15, -0.1) is 24.0 Å². The van der Waals surface area contributed by atoms with E-state index in [4.69, 9.17) is 0 Å². The number of guanidine groups is 1. The minimum absolute atomic E-state index is 0. The topological polar surface area (TPSA) is 39.7 Å². The Balaban J connectivity index is 0.00000242. The van der Waals surface area contributed by atoms with Crippen molar-refractivity contribution >= 4 is 29.9 Å². The molecule has 0 spiro atoms. The Bertz CT molecular complexity index is 456. The van der Waals surface area contributed by atoms with E-state index in [1.165, 1.54) is 50.0 Å². The number of aryl methyl sites for hydroxylation is 1. The van der Waals surface area contributed by atoms with Crippen LogP contribution in [0.2, 0.25) is 0 Å². The summed E-state index contributed by atoms with van der Waals surface area (Å²) in [5.41, 5.74) is 2.58. The number of nitrogens with one attached hydrogen (secondary N) is 2. The standard InChI is InChI=1S/C17H28N4.HI/c1-15-7-5-8-16(13-15)14-20-17(18-2)19-9-6-12-21-10-3-4-11-21;/h5,7-8,13H,3-4,6,9-12,14H2,1-2H3,(H2,18,19,20);1H. The van der Waals surface area contributed by atoms with Crippen molar-refractivity contribution in [3.05, 3.63) is 35.4 Å². The van der Waals surface area contributed by atoms with Gasteiger partial charge in [-0.3, -0.25) is 4.99 Å². The second-order valence-electron chi connectivity index (χ2n) is 5.74. The predicted molar refractivity (Wildman–Crippen MR) is 105 cm³/mol. The molecular formula is C17H29IN4. The molecule has 1 heterocycles. The van der Waals surface area contributed by atoms with Crippen molar-refractivity contribution in [3.8, 4) is 0 Å². The number of likely N-dealkylation sites (tertiary alicyclic amines) is 1. The van der Waals surface area contributed by atoms with Crippen LogP contribution in [0.15, 0.2) is 29.3 Å². The summed E-state index contributed by atoms with van der Waals surface area (Å²) in [4.78, 5) is 6.82. The fourth-order valence-electron chi connectivity index (χ4n) is 2.74. The van der Waals surface area contributed by atoms with E-state index in [1.807, 2.05) is 7.05 Å². The van der Waals surface area contributed by atoms with Gasteiger partial charge in [-0.05, 0) is 51.4 Å². The Kier molecular flexibility index (Phi) is 9.47. The molecule has 4 nitrogen and oxygen atoms in total. The van der Waals surface area contributed by atoms with Crippen molar-refractivity contribution in [1.82, 2.24) is 15.5 Å². The molecule has 1 fully saturated rings. The van der Waals surface area contributed by atoms with Crippen molar-refractivity contribution in [1.29, 1.82) is 0 Å². The van der Waals surface area contributed by atoms with Crippen molar-refractivity contribution in [2.24, 2.45) is 4.99 Å². The molecule has 0 aromatic heterocycles. The smallest absolute Gasteiger partial charge is 0.191 e. The summed E-state index contributed by atoms with van der Waals surface area (Å²) >= 11 is 0. The summed E-state index contributed by atoms with van der Waals surface area (Å²) in [5, 5.41) is 6.76. The Morgan fingerprint density at radius 2 is 2.00 bits per heavy atom. The summed E-state index contributed by atoms with van der Waals surface area (Å²) in [6.07, 6.45) is 3.91. The molecule has 0 atom stereocenters. The van der Waals surface area contributed by atoms with Gasteiger partial charge in [0.1, 0.15) is 0 Å². The van der Waals surface area contributed by atoms with Crippen LogP contribution in [-0.4, -0.2) is 44.1 Å². The van der Waals surface area contributed by atoms with E-state index in [9.17, 15) is 0 Å². The van der Waals surface area contributed by atoms with Gasteiger partial charge in [0.2, 0.25) is 0 Å². The maximum absolute atomic E-state index is 4.28. The van der Waals surface area contributed by atoms with Gasteiger partial charge in [0, 0.05) is 20.1 Å². The van der Waals surface area contributed by atoms with Crippen LogP contribution in [0.5, 0.6) is 0 Å². The van der Waals surface area contributed by atoms with Crippen LogP contribution in [0.1, 0.15) is 30.4 Å². The lowest BCUT2D eigenvalue weighted by Crippen LogP contribution is -2.38. The van der Waals surface area contributed by atoms with Gasteiger partial charge in [0.15, 0.2) is 5.96 Å². The first kappa shape index (κ1) is 19.2. The fraction of sp³-hybridized carbons (Fsp3) is 0.588. The number of hydrogen-bond donors (Lipinski definition) is 2. The summed E-state index contributed by atoms with van der Waals surface area (Å²) in [5.74, 6) is 0.887. The van der Waals surface area contributed by atoms with Gasteiger partial charge in [0.05, 0.1) is 0 Å². The molecule has 1 aromatic rings. The molecule has 5 heteroatoms. The summed E-state index contributed by atoms with van der Waals surface area (Å²) in [6.45, 7) is 7.66. The quantitative estimate of drug-likeness (QED) is 0.324. The molecule has 1 aromatic carbocycles. The molecular weight excluding hydrogens is 387 g/mol. The minimum Gasteiger partial charge on any atom is -0.356 e. The number of hydrogen-bond acceptors (Lipinski definition) is 2. The maximum Gasteiger partial charge on any atom is 0.191 e. The zero-order valence-corrected chi connectivity index (χ0v) is 16.1. The van der Waals surface area contributed by atoms with E-state index >= 15 is 0 Å². The summed E-state index contributed by atoms with van der Waals surface area (Å²) in [6, 6.07) is 8.56. The highest BCUT2D eigenvalue weighted by atomic mass is 127. The van der Waals surface area contributed by atoms with Gasteiger partial charge in [-0.2, -0.15) is 0 Å². The molecule has 2 rings (SSSR count). The molecule has 0 radical (unpaired) electrons. The Hall–Kier alpha value is -0.820. The molecule has 124 valence electrons. The lowest BCUT2D eigenvalue weighted by molar-refractivity contribution is 0.334. The van der Waals surface area contributed by atoms with Crippen LogP contribution in [0, 0.1) is 6.92 Å². The number of benzene rings is 1.